The van der Waals surface area contributed by atoms with Crippen molar-refractivity contribution in [3.05, 3.63) is 41.2 Å². The van der Waals surface area contributed by atoms with Crippen LogP contribution in [0.25, 0.3) is 4.85 Å². The minimum Gasteiger partial charge on any atom is -0.481 e. The van der Waals surface area contributed by atoms with Crippen LogP contribution in [-0.4, -0.2) is 11.1 Å². The first-order valence-electron chi connectivity index (χ1n) is 3.41. The lowest BCUT2D eigenvalue weighted by Gasteiger charge is -1.97. The van der Waals surface area contributed by atoms with Crippen LogP contribution in [0.15, 0.2) is 24.3 Å². The van der Waals surface area contributed by atoms with E-state index in [0.29, 0.717) is 11.3 Å². The van der Waals surface area contributed by atoms with Crippen LogP contribution in [0.2, 0.25) is 0 Å². The van der Waals surface area contributed by atoms with Crippen LogP contribution in [-0.2, 0) is 11.2 Å². The molecule has 0 aliphatic heterocycles. The van der Waals surface area contributed by atoms with Crippen molar-refractivity contribution in [1.82, 2.24) is 0 Å². The Labute approximate surface area is 70.1 Å². The lowest BCUT2D eigenvalue weighted by molar-refractivity contribution is -0.136. The fraction of sp³-hybridized carbons (Fsp3) is 0.111. The van der Waals surface area contributed by atoms with Crippen LogP contribution in [0.3, 0.4) is 0 Å². The van der Waals surface area contributed by atoms with Gasteiger partial charge in [-0.1, -0.05) is 24.3 Å². The topological polar surface area (TPSA) is 41.7 Å². The Hall–Kier alpha value is -1.82. The SMILES string of the molecule is [C-]#[N+]c1ccccc1CC(=O)O. The average molecular weight is 161 g/mol. The zero-order valence-electron chi connectivity index (χ0n) is 6.32. The van der Waals surface area contributed by atoms with Gasteiger partial charge in [0.05, 0.1) is 13.0 Å². The van der Waals surface area contributed by atoms with Gasteiger partial charge in [-0.3, -0.25) is 4.79 Å². The van der Waals surface area contributed by atoms with Gasteiger partial charge < -0.3 is 5.11 Å². The molecule has 0 aromatic heterocycles. The second-order valence-electron chi connectivity index (χ2n) is 2.31. The molecule has 0 radical (unpaired) electrons. The quantitative estimate of drug-likeness (QED) is 0.672. The molecular weight excluding hydrogens is 154 g/mol. The maximum Gasteiger partial charge on any atom is 0.306 e. The Kier molecular flexibility index (Phi) is 2.44. The third-order valence-electron chi connectivity index (χ3n) is 1.45. The molecule has 1 rings (SSSR count). The fourth-order valence-electron chi connectivity index (χ4n) is 0.932. The van der Waals surface area contributed by atoms with Gasteiger partial charge in [0.2, 0.25) is 0 Å². The normalized spacial score (nSPS) is 8.92. The van der Waals surface area contributed by atoms with Gasteiger partial charge in [0, 0.05) is 0 Å². The van der Waals surface area contributed by atoms with E-state index < -0.39 is 5.97 Å². The number of benzene rings is 1. The van der Waals surface area contributed by atoms with Gasteiger partial charge in [0.25, 0.3) is 0 Å². The van der Waals surface area contributed by atoms with Crippen molar-refractivity contribution < 1.29 is 9.90 Å². The van der Waals surface area contributed by atoms with Crippen molar-refractivity contribution in [2.24, 2.45) is 0 Å². The van der Waals surface area contributed by atoms with Gasteiger partial charge in [-0.25, -0.2) is 4.85 Å². The highest BCUT2D eigenvalue weighted by Crippen LogP contribution is 2.18. The third-order valence-corrected chi connectivity index (χ3v) is 1.45. The second kappa shape index (κ2) is 3.54. The monoisotopic (exact) mass is 161 g/mol. The number of carboxylic acids is 1. The summed E-state index contributed by atoms with van der Waals surface area (Å²) in [6, 6.07) is 6.72. The summed E-state index contributed by atoms with van der Waals surface area (Å²) in [5.41, 5.74) is 0.986. The van der Waals surface area contributed by atoms with E-state index in [1.165, 1.54) is 0 Å². The Morgan fingerprint density at radius 2 is 2.17 bits per heavy atom. The summed E-state index contributed by atoms with van der Waals surface area (Å²) in [6.07, 6.45) is -0.0848. The van der Waals surface area contributed by atoms with Gasteiger partial charge in [0.15, 0.2) is 5.69 Å². The maximum absolute atomic E-state index is 10.3. The van der Waals surface area contributed by atoms with Crippen LogP contribution >= 0.6 is 0 Å². The lowest BCUT2D eigenvalue weighted by Crippen LogP contribution is -1.99. The van der Waals surface area contributed by atoms with E-state index in [0.717, 1.165) is 0 Å². The molecule has 1 N–H and O–H groups in total. The van der Waals surface area contributed by atoms with Crippen LogP contribution in [0, 0.1) is 6.57 Å². The number of para-hydroxylation sites is 1. The Morgan fingerprint density at radius 3 is 2.75 bits per heavy atom. The predicted molar refractivity (Wildman–Crippen MR) is 44.0 cm³/mol. The van der Waals surface area contributed by atoms with E-state index >= 15 is 0 Å². The Balaban J connectivity index is 2.99. The number of carboxylic acid groups (broad SMARTS) is 1. The van der Waals surface area contributed by atoms with E-state index in [2.05, 4.69) is 4.85 Å². The highest BCUT2D eigenvalue weighted by molar-refractivity contribution is 5.73. The molecular formula is C9H7NO2. The molecule has 0 aliphatic carbocycles. The number of aliphatic carboxylic acids is 1. The zero-order valence-corrected chi connectivity index (χ0v) is 6.32. The van der Waals surface area contributed by atoms with Gasteiger partial charge in [-0.05, 0) is 5.56 Å². The molecule has 0 unspecified atom stereocenters. The molecule has 0 spiro atoms. The second-order valence-corrected chi connectivity index (χ2v) is 2.31. The highest BCUT2D eigenvalue weighted by atomic mass is 16.4. The van der Waals surface area contributed by atoms with E-state index in [9.17, 15) is 4.79 Å². The van der Waals surface area contributed by atoms with Gasteiger partial charge in [-0.2, -0.15) is 0 Å². The van der Waals surface area contributed by atoms with Crippen molar-refractivity contribution in [3.63, 3.8) is 0 Å². The van der Waals surface area contributed by atoms with Crippen molar-refractivity contribution in [2.45, 2.75) is 6.42 Å². The first-order valence-corrected chi connectivity index (χ1v) is 3.41. The average Bonchev–Trinajstić information content (AvgIpc) is 2.04. The van der Waals surface area contributed by atoms with E-state index in [-0.39, 0.29) is 6.42 Å². The molecule has 3 heteroatoms. The van der Waals surface area contributed by atoms with Crippen molar-refractivity contribution in [3.8, 4) is 0 Å². The summed E-state index contributed by atoms with van der Waals surface area (Å²) in [4.78, 5) is 13.5. The summed E-state index contributed by atoms with van der Waals surface area (Å²) in [7, 11) is 0. The lowest BCUT2D eigenvalue weighted by atomic mass is 10.1. The largest absolute Gasteiger partial charge is 0.481 e. The van der Waals surface area contributed by atoms with Crippen molar-refractivity contribution in [1.29, 1.82) is 0 Å². The summed E-state index contributed by atoms with van der Waals surface area (Å²) in [6.45, 7) is 6.76. The molecule has 0 atom stereocenters. The fourth-order valence-corrected chi connectivity index (χ4v) is 0.932. The molecule has 0 heterocycles. The molecule has 12 heavy (non-hydrogen) atoms. The maximum atomic E-state index is 10.3. The Morgan fingerprint density at radius 1 is 1.50 bits per heavy atom. The smallest absolute Gasteiger partial charge is 0.306 e. The van der Waals surface area contributed by atoms with Crippen LogP contribution < -0.4 is 0 Å². The van der Waals surface area contributed by atoms with Gasteiger partial charge in [0.1, 0.15) is 0 Å². The predicted octanol–water partition coefficient (Wildman–Crippen LogP) is 1.86. The number of hydrogen-bond donors (Lipinski definition) is 1. The van der Waals surface area contributed by atoms with Crippen molar-refractivity contribution >= 4 is 11.7 Å². The van der Waals surface area contributed by atoms with Gasteiger partial charge >= 0.3 is 5.97 Å². The van der Waals surface area contributed by atoms with E-state index in [4.69, 9.17) is 11.7 Å². The van der Waals surface area contributed by atoms with Gasteiger partial charge in [-0.15, -0.1) is 0 Å². The van der Waals surface area contributed by atoms with Crippen LogP contribution in [0.5, 0.6) is 0 Å². The summed E-state index contributed by atoms with van der Waals surface area (Å²) < 4.78 is 0. The highest BCUT2D eigenvalue weighted by Gasteiger charge is 2.04. The molecule has 1 aromatic carbocycles. The minimum absolute atomic E-state index is 0.0848. The standard InChI is InChI=1S/C9H7NO2/c1-10-8-5-3-2-4-7(8)6-9(11)12/h2-5H,6H2,(H,11,12). The number of carbonyl (C=O) groups is 1. The zero-order chi connectivity index (χ0) is 8.97. The van der Waals surface area contributed by atoms with Crippen molar-refractivity contribution in [2.75, 3.05) is 0 Å². The molecule has 0 saturated heterocycles. The van der Waals surface area contributed by atoms with E-state index in [1.54, 1.807) is 24.3 Å². The molecule has 0 bridgehead atoms. The number of rotatable bonds is 2. The number of nitrogens with zero attached hydrogens (tertiary/aromatic N) is 1. The molecule has 0 saturated carbocycles. The van der Waals surface area contributed by atoms with Crippen LogP contribution in [0.4, 0.5) is 5.69 Å². The first-order chi connectivity index (χ1) is 5.74. The summed E-state index contributed by atoms with van der Waals surface area (Å²) >= 11 is 0. The molecule has 0 fully saturated rings. The number of hydrogen-bond acceptors (Lipinski definition) is 1. The van der Waals surface area contributed by atoms with E-state index in [1.807, 2.05) is 0 Å². The molecule has 0 aliphatic rings. The molecule has 3 nitrogen and oxygen atoms in total. The molecule has 0 amide bonds. The molecule has 60 valence electrons. The molecule has 1 aromatic rings. The minimum atomic E-state index is -0.911. The summed E-state index contributed by atoms with van der Waals surface area (Å²) in [5.74, 6) is -0.911. The van der Waals surface area contributed by atoms with Crippen LogP contribution in [0.1, 0.15) is 5.56 Å². The first kappa shape index (κ1) is 8.28. The summed E-state index contributed by atoms with van der Waals surface area (Å²) in [5, 5.41) is 8.48. The third kappa shape index (κ3) is 1.83. The Bertz CT molecular complexity index is 339.